The quantitative estimate of drug-likeness (QED) is 0.708. The average molecular weight is 368 g/mol. The summed E-state index contributed by atoms with van der Waals surface area (Å²) in [5.74, 6) is 1.55. The molecule has 0 bridgehead atoms. The molecule has 2 nitrogen and oxygen atoms in total. The predicted octanol–water partition coefficient (Wildman–Crippen LogP) is 4.69. The van der Waals surface area contributed by atoms with Crippen molar-refractivity contribution in [2.24, 2.45) is 0 Å². The van der Waals surface area contributed by atoms with E-state index in [1.807, 2.05) is 12.1 Å². The number of benzene rings is 1. The molecule has 0 saturated heterocycles. The molecule has 1 N–H and O–H groups in total. The topological polar surface area (TPSA) is 29.1 Å². The van der Waals surface area contributed by atoms with Crippen LogP contribution in [0.15, 0.2) is 40.4 Å². The number of amides is 1. The van der Waals surface area contributed by atoms with Crippen LogP contribution in [-0.4, -0.2) is 18.2 Å². The van der Waals surface area contributed by atoms with Gasteiger partial charge in [-0.3, -0.25) is 4.79 Å². The number of halogens is 1. The minimum atomic E-state index is 0.145. The molecule has 2 rings (SSSR count). The molecule has 1 aromatic carbocycles. The van der Waals surface area contributed by atoms with Gasteiger partial charge in [0.25, 0.3) is 0 Å². The van der Waals surface area contributed by atoms with Crippen LogP contribution in [-0.2, 0) is 10.5 Å². The Morgan fingerprint density at radius 1 is 1.33 bits per heavy atom. The Kier molecular flexibility index (Phi) is 7.37. The third-order valence-corrected chi connectivity index (χ3v) is 5.04. The molecular formula is C17H22BrNOS. The highest BCUT2D eigenvalue weighted by molar-refractivity contribution is 9.10. The highest BCUT2D eigenvalue weighted by atomic mass is 79.9. The van der Waals surface area contributed by atoms with E-state index in [0.29, 0.717) is 5.75 Å². The Morgan fingerprint density at radius 3 is 3.00 bits per heavy atom. The second-order valence-corrected chi connectivity index (χ2v) is 7.23. The maximum absolute atomic E-state index is 11.8. The summed E-state index contributed by atoms with van der Waals surface area (Å²) in [7, 11) is 0. The van der Waals surface area contributed by atoms with Crippen LogP contribution >= 0.6 is 27.7 Å². The smallest absolute Gasteiger partial charge is 0.230 e. The van der Waals surface area contributed by atoms with Gasteiger partial charge in [0.05, 0.1) is 5.75 Å². The SMILES string of the molecule is O=C(CSCc1cccc(Br)c1)NCCC1=CCCCC1. The average Bonchev–Trinajstić information content (AvgIpc) is 2.48. The molecule has 0 heterocycles. The fourth-order valence-corrected chi connectivity index (χ4v) is 3.68. The van der Waals surface area contributed by atoms with Gasteiger partial charge in [-0.25, -0.2) is 0 Å². The zero-order valence-corrected chi connectivity index (χ0v) is 14.6. The van der Waals surface area contributed by atoms with Crippen molar-refractivity contribution in [2.75, 3.05) is 12.3 Å². The Labute approximate surface area is 139 Å². The molecule has 0 aromatic heterocycles. The Morgan fingerprint density at radius 2 is 2.24 bits per heavy atom. The third kappa shape index (κ3) is 6.70. The van der Waals surface area contributed by atoms with Crippen molar-refractivity contribution >= 4 is 33.6 Å². The van der Waals surface area contributed by atoms with Crippen LogP contribution < -0.4 is 5.32 Å². The van der Waals surface area contributed by atoms with E-state index in [-0.39, 0.29) is 5.91 Å². The van der Waals surface area contributed by atoms with E-state index in [4.69, 9.17) is 0 Å². The maximum atomic E-state index is 11.8. The van der Waals surface area contributed by atoms with E-state index in [9.17, 15) is 4.79 Å². The van der Waals surface area contributed by atoms with E-state index in [0.717, 1.165) is 23.2 Å². The predicted molar refractivity (Wildman–Crippen MR) is 94.5 cm³/mol. The number of thioether (sulfide) groups is 1. The number of hydrogen-bond acceptors (Lipinski definition) is 2. The summed E-state index contributed by atoms with van der Waals surface area (Å²) in [4.78, 5) is 11.8. The van der Waals surface area contributed by atoms with Crippen molar-refractivity contribution in [1.29, 1.82) is 0 Å². The molecule has 114 valence electrons. The fourth-order valence-electron chi connectivity index (χ4n) is 2.43. The van der Waals surface area contributed by atoms with Crippen LogP contribution in [0.1, 0.15) is 37.7 Å². The van der Waals surface area contributed by atoms with Gasteiger partial charge in [0.15, 0.2) is 0 Å². The Bertz CT molecular complexity index is 501. The van der Waals surface area contributed by atoms with Crippen LogP contribution in [0.25, 0.3) is 0 Å². The lowest BCUT2D eigenvalue weighted by Crippen LogP contribution is -2.26. The molecular weight excluding hydrogens is 346 g/mol. The first-order valence-corrected chi connectivity index (χ1v) is 9.45. The van der Waals surface area contributed by atoms with E-state index in [1.54, 1.807) is 11.8 Å². The van der Waals surface area contributed by atoms with Crippen molar-refractivity contribution in [2.45, 2.75) is 37.9 Å². The molecule has 0 atom stereocenters. The van der Waals surface area contributed by atoms with Gasteiger partial charge in [-0.15, -0.1) is 11.8 Å². The maximum Gasteiger partial charge on any atom is 0.230 e. The first kappa shape index (κ1) is 16.6. The molecule has 1 aliphatic rings. The number of carbonyl (C=O) groups excluding carboxylic acids is 1. The fraction of sp³-hybridized carbons (Fsp3) is 0.471. The normalized spacial score (nSPS) is 14.6. The lowest BCUT2D eigenvalue weighted by molar-refractivity contribution is -0.118. The highest BCUT2D eigenvalue weighted by Crippen LogP contribution is 2.19. The second-order valence-electron chi connectivity index (χ2n) is 5.33. The molecule has 0 saturated carbocycles. The van der Waals surface area contributed by atoms with E-state index >= 15 is 0 Å². The van der Waals surface area contributed by atoms with Gasteiger partial charge >= 0.3 is 0 Å². The minimum absolute atomic E-state index is 0.145. The van der Waals surface area contributed by atoms with Gasteiger partial charge in [0.2, 0.25) is 5.91 Å². The van der Waals surface area contributed by atoms with Gasteiger partial charge < -0.3 is 5.32 Å². The lowest BCUT2D eigenvalue weighted by Gasteiger charge is -2.12. The molecule has 0 spiro atoms. The van der Waals surface area contributed by atoms with Crippen molar-refractivity contribution in [3.63, 3.8) is 0 Å². The molecule has 21 heavy (non-hydrogen) atoms. The van der Waals surface area contributed by atoms with Crippen LogP contribution in [0.2, 0.25) is 0 Å². The first-order valence-electron chi connectivity index (χ1n) is 7.51. The number of nitrogens with one attached hydrogen (secondary N) is 1. The largest absolute Gasteiger partial charge is 0.355 e. The molecule has 1 amide bonds. The first-order chi connectivity index (χ1) is 10.2. The molecule has 1 aromatic rings. The zero-order chi connectivity index (χ0) is 14.9. The van der Waals surface area contributed by atoms with Crippen LogP contribution in [0.4, 0.5) is 0 Å². The van der Waals surface area contributed by atoms with Crippen molar-refractivity contribution in [1.82, 2.24) is 5.32 Å². The number of hydrogen-bond donors (Lipinski definition) is 1. The number of rotatable bonds is 7. The molecule has 0 radical (unpaired) electrons. The van der Waals surface area contributed by atoms with E-state index in [2.05, 4.69) is 39.5 Å². The molecule has 1 aliphatic carbocycles. The van der Waals surface area contributed by atoms with E-state index < -0.39 is 0 Å². The standard InChI is InChI=1S/C17H22BrNOS/c18-16-8-4-7-15(11-16)12-21-13-17(20)19-10-9-14-5-2-1-3-6-14/h4-5,7-8,11H,1-3,6,9-10,12-13H2,(H,19,20). The summed E-state index contributed by atoms with van der Waals surface area (Å²) in [6.07, 6.45) is 8.42. The minimum Gasteiger partial charge on any atom is -0.355 e. The summed E-state index contributed by atoms with van der Waals surface area (Å²) in [5, 5.41) is 3.02. The summed E-state index contributed by atoms with van der Waals surface area (Å²) < 4.78 is 1.09. The Hall–Kier alpha value is -0.740. The van der Waals surface area contributed by atoms with Gasteiger partial charge in [0.1, 0.15) is 0 Å². The molecule has 0 unspecified atom stereocenters. The number of carbonyl (C=O) groups is 1. The summed E-state index contributed by atoms with van der Waals surface area (Å²) in [6, 6.07) is 8.23. The van der Waals surface area contributed by atoms with Gasteiger partial charge in [0, 0.05) is 16.8 Å². The van der Waals surface area contributed by atoms with Gasteiger partial charge in [-0.2, -0.15) is 0 Å². The van der Waals surface area contributed by atoms with Crippen molar-refractivity contribution < 1.29 is 4.79 Å². The van der Waals surface area contributed by atoms with Gasteiger partial charge in [-0.1, -0.05) is 39.7 Å². The van der Waals surface area contributed by atoms with Crippen molar-refractivity contribution in [3.8, 4) is 0 Å². The van der Waals surface area contributed by atoms with E-state index in [1.165, 1.54) is 36.8 Å². The monoisotopic (exact) mass is 367 g/mol. The third-order valence-electron chi connectivity index (χ3n) is 3.54. The zero-order valence-electron chi connectivity index (χ0n) is 12.2. The van der Waals surface area contributed by atoms with Crippen LogP contribution in [0.5, 0.6) is 0 Å². The number of allylic oxidation sites excluding steroid dienone is 1. The molecule has 4 heteroatoms. The molecule has 0 fully saturated rings. The lowest BCUT2D eigenvalue weighted by atomic mass is 9.97. The van der Waals surface area contributed by atoms with Crippen LogP contribution in [0.3, 0.4) is 0 Å². The van der Waals surface area contributed by atoms with Crippen molar-refractivity contribution in [3.05, 3.63) is 46.0 Å². The summed E-state index contributed by atoms with van der Waals surface area (Å²) in [5.41, 5.74) is 2.76. The summed E-state index contributed by atoms with van der Waals surface area (Å²) >= 11 is 5.12. The van der Waals surface area contributed by atoms with Crippen LogP contribution in [0, 0.1) is 0 Å². The molecule has 0 aliphatic heterocycles. The van der Waals surface area contributed by atoms with Gasteiger partial charge in [-0.05, 0) is 49.8 Å². The summed E-state index contributed by atoms with van der Waals surface area (Å²) in [6.45, 7) is 0.780. The highest BCUT2D eigenvalue weighted by Gasteiger charge is 2.05. The second kappa shape index (κ2) is 9.31. The Balaban J connectivity index is 1.58.